The van der Waals surface area contributed by atoms with Gasteiger partial charge in [0.2, 0.25) is 0 Å². The molecule has 2 aromatic rings. The van der Waals surface area contributed by atoms with Gasteiger partial charge < -0.3 is 10.2 Å². The Kier molecular flexibility index (Phi) is 5.61. The number of hydrogen-bond donors (Lipinski definition) is 1. The van der Waals surface area contributed by atoms with Crippen LogP contribution in [0.2, 0.25) is 0 Å². The molecule has 6 nitrogen and oxygen atoms in total. The summed E-state index contributed by atoms with van der Waals surface area (Å²) in [6.07, 6.45) is 1.09. The van der Waals surface area contributed by atoms with Crippen molar-refractivity contribution in [3.8, 4) is 0 Å². The van der Waals surface area contributed by atoms with E-state index in [1.165, 1.54) is 27.3 Å². The topological polar surface area (TPSA) is 53.4 Å². The Bertz CT molecular complexity index is 781. The predicted molar refractivity (Wildman–Crippen MR) is 103 cm³/mol. The number of rotatable bonds is 4. The third-order valence-corrected chi connectivity index (χ3v) is 4.95. The van der Waals surface area contributed by atoms with E-state index < -0.39 is 0 Å². The van der Waals surface area contributed by atoms with Crippen molar-refractivity contribution in [1.82, 2.24) is 24.9 Å². The van der Waals surface area contributed by atoms with Crippen LogP contribution in [0.15, 0.2) is 24.3 Å². The fourth-order valence-electron chi connectivity index (χ4n) is 3.29. The molecule has 0 atom stereocenters. The first-order valence-corrected chi connectivity index (χ1v) is 9.21. The van der Waals surface area contributed by atoms with E-state index in [1.807, 2.05) is 0 Å². The Labute approximate surface area is 155 Å². The molecule has 0 spiro atoms. The van der Waals surface area contributed by atoms with Gasteiger partial charge in [0, 0.05) is 40.3 Å². The smallest absolute Gasteiger partial charge is 0.317 e. The summed E-state index contributed by atoms with van der Waals surface area (Å²) in [5.74, 6) is 0. The van der Waals surface area contributed by atoms with Crippen molar-refractivity contribution < 1.29 is 4.79 Å². The SMILES string of the molecule is Cc1ccc(CN2CCCn3nc(CNC(=O)N(C)C)cc3C2)cc1C. The Morgan fingerprint density at radius 2 is 2.00 bits per heavy atom. The molecule has 0 fully saturated rings. The Morgan fingerprint density at radius 3 is 2.73 bits per heavy atom. The minimum Gasteiger partial charge on any atom is -0.332 e. The summed E-state index contributed by atoms with van der Waals surface area (Å²) in [4.78, 5) is 15.7. The molecular formula is C20H29N5O. The quantitative estimate of drug-likeness (QED) is 0.917. The van der Waals surface area contributed by atoms with Gasteiger partial charge >= 0.3 is 6.03 Å². The first-order chi connectivity index (χ1) is 12.4. The van der Waals surface area contributed by atoms with Crippen molar-refractivity contribution in [3.05, 3.63) is 52.3 Å². The molecule has 6 heteroatoms. The number of hydrogen-bond acceptors (Lipinski definition) is 3. The molecule has 2 amide bonds. The monoisotopic (exact) mass is 355 g/mol. The van der Waals surface area contributed by atoms with Crippen molar-refractivity contribution in [1.29, 1.82) is 0 Å². The van der Waals surface area contributed by atoms with Crippen molar-refractivity contribution >= 4 is 6.03 Å². The number of fused-ring (bicyclic) bond motifs is 1. The van der Waals surface area contributed by atoms with E-state index in [-0.39, 0.29) is 6.03 Å². The molecule has 1 aromatic heterocycles. The molecule has 1 aliphatic heterocycles. The number of nitrogens with one attached hydrogen (secondary N) is 1. The van der Waals surface area contributed by atoms with Crippen LogP contribution in [-0.2, 0) is 26.2 Å². The number of carbonyl (C=O) groups is 1. The van der Waals surface area contributed by atoms with Crippen LogP contribution in [0.5, 0.6) is 0 Å². The lowest BCUT2D eigenvalue weighted by molar-refractivity contribution is 0.217. The van der Waals surface area contributed by atoms with Gasteiger partial charge in [-0.2, -0.15) is 5.10 Å². The molecular weight excluding hydrogens is 326 g/mol. The second-order valence-electron chi connectivity index (χ2n) is 7.39. The van der Waals surface area contributed by atoms with Gasteiger partial charge in [0.05, 0.1) is 17.9 Å². The van der Waals surface area contributed by atoms with Crippen molar-refractivity contribution in [2.75, 3.05) is 20.6 Å². The van der Waals surface area contributed by atoms with Gasteiger partial charge in [-0.3, -0.25) is 9.58 Å². The van der Waals surface area contributed by atoms with Gasteiger partial charge in [-0.15, -0.1) is 0 Å². The molecule has 0 aliphatic carbocycles. The zero-order valence-corrected chi connectivity index (χ0v) is 16.2. The number of benzene rings is 1. The van der Waals surface area contributed by atoms with E-state index in [9.17, 15) is 4.79 Å². The predicted octanol–water partition coefficient (Wildman–Crippen LogP) is 2.68. The normalized spacial score (nSPS) is 14.6. The molecule has 0 bridgehead atoms. The number of aromatic nitrogens is 2. The minimum atomic E-state index is -0.0930. The number of nitrogens with zero attached hydrogens (tertiary/aromatic N) is 4. The fourth-order valence-corrected chi connectivity index (χ4v) is 3.29. The molecule has 1 aromatic carbocycles. The van der Waals surface area contributed by atoms with Crippen molar-refractivity contribution in [3.63, 3.8) is 0 Å². The van der Waals surface area contributed by atoms with Crippen molar-refractivity contribution in [2.24, 2.45) is 0 Å². The van der Waals surface area contributed by atoms with E-state index in [4.69, 9.17) is 0 Å². The summed E-state index contributed by atoms with van der Waals surface area (Å²) in [7, 11) is 3.48. The zero-order valence-electron chi connectivity index (χ0n) is 16.2. The largest absolute Gasteiger partial charge is 0.332 e. The van der Waals surface area contributed by atoms with E-state index in [1.54, 1.807) is 14.1 Å². The molecule has 1 aliphatic rings. The van der Waals surface area contributed by atoms with Crippen LogP contribution >= 0.6 is 0 Å². The van der Waals surface area contributed by atoms with Crippen molar-refractivity contribution in [2.45, 2.75) is 46.4 Å². The molecule has 0 unspecified atom stereocenters. The van der Waals surface area contributed by atoms with Gasteiger partial charge in [0.25, 0.3) is 0 Å². The van der Waals surface area contributed by atoms with Gasteiger partial charge in [0.15, 0.2) is 0 Å². The summed E-state index contributed by atoms with van der Waals surface area (Å²) >= 11 is 0. The number of carbonyl (C=O) groups excluding carboxylic acids is 1. The molecule has 0 radical (unpaired) electrons. The highest BCUT2D eigenvalue weighted by molar-refractivity contribution is 5.73. The first-order valence-electron chi connectivity index (χ1n) is 9.21. The highest BCUT2D eigenvalue weighted by Crippen LogP contribution is 2.18. The van der Waals surface area contributed by atoms with Crippen LogP contribution in [0.1, 0.15) is 34.5 Å². The minimum absolute atomic E-state index is 0.0930. The second kappa shape index (κ2) is 7.91. The molecule has 1 N–H and O–H groups in total. The van der Waals surface area contributed by atoms with Gasteiger partial charge in [-0.25, -0.2) is 4.79 Å². The van der Waals surface area contributed by atoms with Gasteiger partial charge in [-0.05, 0) is 43.0 Å². The van der Waals surface area contributed by atoms with Crippen LogP contribution in [0.4, 0.5) is 4.79 Å². The second-order valence-corrected chi connectivity index (χ2v) is 7.39. The zero-order chi connectivity index (χ0) is 18.7. The van der Waals surface area contributed by atoms with Crippen LogP contribution < -0.4 is 5.32 Å². The highest BCUT2D eigenvalue weighted by Gasteiger charge is 2.17. The maximum absolute atomic E-state index is 11.7. The highest BCUT2D eigenvalue weighted by atomic mass is 16.2. The average Bonchev–Trinajstić information content (AvgIpc) is 2.88. The van der Waals surface area contributed by atoms with E-state index in [2.05, 4.69) is 58.1 Å². The lowest BCUT2D eigenvalue weighted by Crippen LogP contribution is -2.34. The molecule has 3 rings (SSSR count). The molecule has 26 heavy (non-hydrogen) atoms. The molecule has 140 valence electrons. The van der Waals surface area contributed by atoms with Gasteiger partial charge in [0.1, 0.15) is 0 Å². The average molecular weight is 355 g/mol. The lowest BCUT2D eigenvalue weighted by atomic mass is 10.1. The molecule has 2 heterocycles. The van der Waals surface area contributed by atoms with Gasteiger partial charge in [-0.1, -0.05) is 18.2 Å². The van der Waals surface area contributed by atoms with E-state index >= 15 is 0 Å². The fraction of sp³-hybridized carbons (Fsp3) is 0.500. The number of aryl methyl sites for hydroxylation is 3. The first kappa shape index (κ1) is 18.5. The third kappa shape index (κ3) is 4.43. The summed E-state index contributed by atoms with van der Waals surface area (Å²) in [5, 5.41) is 7.55. The summed E-state index contributed by atoms with van der Waals surface area (Å²) in [5.41, 5.74) is 6.19. The molecule has 0 saturated heterocycles. The van der Waals surface area contributed by atoms with E-state index in [0.29, 0.717) is 6.54 Å². The Morgan fingerprint density at radius 1 is 1.19 bits per heavy atom. The van der Waals surface area contributed by atoms with Crippen LogP contribution in [0, 0.1) is 13.8 Å². The number of urea groups is 1. The standard InChI is InChI=1S/C20H29N5O/c1-15-6-7-17(10-16(15)2)13-24-8-5-9-25-19(14-24)11-18(22-25)12-21-20(26)23(3)4/h6-7,10-11H,5,8-9,12-14H2,1-4H3,(H,21,26). The Balaban J connectivity index is 1.65. The van der Waals surface area contributed by atoms with Crippen LogP contribution in [-0.4, -0.2) is 46.3 Å². The number of amides is 2. The summed E-state index contributed by atoms with van der Waals surface area (Å²) < 4.78 is 2.09. The summed E-state index contributed by atoms with van der Waals surface area (Å²) in [6, 6.07) is 8.75. The Hall–Kier alpha value is -2.34. The van der Waals surface area contributed by atoms with Crippen LogP contribution in [0.3, 0.4) is 0 Å². The maximum Gasteiger partial charge on any atom is 0.317 e. The van der Waals surface area contributed by atoms with Crippen LogP contribution in [0.25, 0.3) is 0 Å². The summed E-state index contributed by atoms with van der Waals surface area (Å²) in [6.45, 7) is 8.64. The third-order valence-electron chi connectivity index (χ3n) is 4.95. The van der Waals surface area contributed by atoms with E-state index in [0.717, 1.165) is 38.3 Å². The lowest BCUT2D eigenvalue weighted by Gasteiger charge is -2.20. The molecule has 0 saturated carbocycles. The maximum atomic E-state index is 11.7.